The predicted molar refractivity (Wildman–Crippen MR) is 271 cm³/mol. The van der Waals surface area contributed by atoms with Crippen LogP contribution in [-0.2, 0) is 0 Å². The van der Waals surface area contributed by atoms with E-state index in [-0.39, 0.29) is 6.04 Å². The maximum Gasteiger partial charge on any atom is 0.164 e. The van der Waals surface area contributed by atoms with Crippen LogP contribution >= 0.6 is 0 Å². The van der Waals surface area contributed by atoms with Gasteiger partial charge in [-0.25, -0.2) is 15.0 Å². The van der Waals surface area contributed by atoms with Crippen molar-refractivity contribution in [3.8, 4) is 45.3 Å². The van der Waals surface area contributed by atoms with Crippen LogP contribution in [0.25, 0.3) is 99.5 Å². The Bertz CT molecular complexity index is 3700. The minimum atomic E-state index is 0.230. The molecule has 1 unspecified atom stereocenters. The van der Waals surface area contributed by atoms with Crippen molar-refractivity contribution in [2.75, 3.05) is 4.90 Å². The highest BCUT2D eigenvalue weighted by Crippen LogP contribution is 2.50. The summed E-state index contributed by atoms with van der Waals surface area (Å²) < 4.78 is 0. The number of aromatic nitrogens is 3. The van der Waals surface area contributed by atoms with Crippen LogP contribution in [0.2, 0.25) is 0 Å². The van der Waals surface area contributed by atoms with E-state index in [1.807, 2.05) is 60.7 Å². The van der Waals surface area contributed by atoms with E-state index in [9.17, 15) is 0 Å². The molecule has 0 saturated carbocycles. The lowest BCUT2D eigenvalue weighted by Crippen LogP contribution is -2.27. The summed E-state index contributed by atoms with van der Waals surface area (Å²) in [4.78, 5) is 17.6. The summed E-state index contributed by atoms with van der Waals surface area (Å²) in [5.41, 5.74) is 12.8. The number of para-hydroxylation sites is 1. The summed E-state index contributed by atoms with van der Waals surface area (Å²) in [7, 11) is 0. The van der Waals surface area contributed by atoms with Crippen LogP contribution in [-0.4, -0.2) is 21.0 Å². The molecule has 0 amide bonds. The van der Waals surface area contributed by atoms with Gasteiger partial charge in [-0.2, -0.15) is 0 Å². The van der Waals surface area contributed by atoms with Gasteiger partial charge < -0.3 is 4.90 Å². The van der Waals surface area contributed by atoms with Gasteiger partial charge in [0.15, 0.2) is 17.5 Å². The third-order valence-corrected chi connectivity index (χ3v) is 13.4. The van der Waals surface area contributed by atoms with Crippen molar-refractivity contribution in [3.05, 3.63) is 236 Å². The van der Waals surface area contributed by atoms with Gasteiger partial charge in [-0.1, -0.05) is 188 Å². The van der Waals surface area contributed by atoms with Crippen molar-refractivity contribution in [2.45, 2.75) is 12.5 Å². The van der Waals surface area contributed by atoms with Gasteiger partial charge in [-0.15, -0.1) is 0 Å². The molecular formula is C61H40N4. The van der Waals surface area contributed by atoms with E-state index in [0.29, 0.717) is 17.5 Å². The number of rotatable bonds is 6. The Morgan fingerprint density at radius 3 is 1.75 bits per heavy atom. The number of hydrogen-bond acceptors (Lipinski definition) is 4. The molecule has 2 aliphatic rings. The van der Waals surface area contributed by atoms with Gasteiger partial charge in [-0.3, -0.25) is 0 Å². The molecule has 11 aromatic rings. The summed E-state index contributed by atoms with van der Waals surface area (Å²) in [6, 6.07) is 76.3. The van der Waals surface area contributed by atoms with Crippen molar-refractivity contribution in [1.29, 1.82) is 0 Å². The van der Waals surface area contributed by atoms with Crippen LogP contribution in [0.1, 0.15) is 17.5 Å². The van der Waals surface area contributed by atoms with Crippen LogP contribution < -0.4 is 4.90 Å². The standard InChI is InChI=1S/C61H40N4/c1-3-16-40(17-4-1)59-62-60(41-18-5-2-6-19-41)64-61(63-59)46-22-13-21-45(35-46)48-26-14-27-52-49-23-9-10-24-50(49)54-37-43(30-33-53(54)58(48)52)44-31-34-57-55(38-44)51-25-11-12-28-56(51)65(57)47-32-29-39-15-7-8-20-42(39)36-47/h1-33,35-38,57H,34H2. The SMILES string of the molecule is C1=C(c2ccc3c(c2)c2ccccc2c2cccc(-c4cccc(-c5nc(-c6ccccc6)nc(-c6ccccc6)n5)c4)c23)C=C2c3ccccc3N(c3ccc4ccccc4c3)C2C1. The fourth-order valence-electron chi connectivity index (χ4n) is 10.3. The molecule has 0 bridgehead atoms. The lowest BCUT2D eigenvalue weighted by Gasteiger charge is -2.30. The molecule has 0 N–H and O–H groups in total. The van der Waals surface area contributed by atoms with Crippen molar-refractivity contribution in [1.82, 2.24) is 15.0 Å². The van der Waals surface area contributed by atoms with E-state index in [1.54, 1.807) is 0 Å². The lowest BCUT2D eigenvalue weighted by atomic mass is 9.86. The van der Waals surface area contributed by atoms with Gasteiger partial charge in [0, 0.05) is 33.6 Å². The van der Waals surface area contributed by atoms with Gasteiger partial charge in [-0.05, 0) is 114 Å². The van der Waals surface area contributed by atoms with E-state index < -0.39 is 0 Å². The van der Waals surface area contributed by atoms with E-state index in [4.69, 9.17) is 15.0 Å². The molecule has 1 atom stereocenters. The van der Waals surface area contributed by atoms with Gasteiger partial charge >= 0.3 is 0 Å². The molecule has 4 heteroatoms. The normalized spacial score (nSPS) is 14.4. The number of nitrogens with zero attached hydrogens (tertiary/aromatic N) is 4. The summed E-state index contributed by atoms with van der Waals surface area (Å²) in [5, 5.41) is 9.98. The molecular weight excluding hydrogens is 789 g/mol. The topological polar surface area (TPSA) is 41.9 Å². The largest absolute Gasteiger partial charge is 0.333 e. The van der Waals surface area contributed by atoms with Gasteiger partial charge in [0.2, 0.25) is 0 Å². The number of hydrogen-bond donors (Lipinski definition) is 0. The molecule has 65 heavy (non-hydrogen) atoms. The van der Waals surface area contributed by atoms with Gasteiger partial charge in [0.25, 0.3) is 0 Å². The second-order valence-corrected chi connectivity index (χ2v) is 17.1. The van der Waals surface area contributed by atoms with Crippen molar-refractivity contribution >= 4 is 65.6 Å². The second kappa shape index (κ2) is 15.1. The van der Waals surface area contributed by atoms with Gasteiger partial charge in [0.05, 0.1) is 6.04 Å². The molecule has 10 aromatic carbocycles. The Morgan fingerprint density at radius 2 is 0.969 bits per heavy atom. The van der Waals surface area contributed by atoms with E-state index in [0.717, 1.165) is 28.7 Å². The Kier molecular flexibility index (Phi) is 8.63. The first-order valence-corrected chi connectivity index (χ1v) is 22.4. The van der Waals surface area contributed by atoms with Crippen LogP contribution in [0, 0.1) is 0 Å². The maximum atomic E-state index is 5.07. The highest BCUT2D eigenvalue weighted by Gasteiger charge is 2.36. The molecule has 0 saturated heterocycles. The van der Waals surface area contributed by atoms with Crippen LogP contribution in [0.3, 0.4) is 0 Å². The molecule has 1 aliphatic carbocycles. The molecule has 0 fully saturated rings. The zero-order chi connectivity index (χ0) is 42.8. The number of allylic oxidation sites excluding steroid dienone is 2. The molecule has 1 aromatic heterocycles. The van der Waals surface area contributed by atoms with Gasteiger partial charge in [0.1, 0.15) is 0 Å². The molecule has 304 valence electrons. The predicted octanol–water partition coefficient (Wildman–Crippen LogP) is 15.5. The molecule has 13 rings (SSSR count). The number of anilines is 2. The summed E-state index contributed by atoms with van der Waals surface area (Å²) >= 11 is 0. The molecule has 1 aliphatic heterocycles. The lowest BCUT2D eigenvalue weighted by molar-refractivity contribution is 0.832. The Morgan fingerprint density at radius 1 is 0.385 bits per heavy atom. The minimum Gasteiger partial charge on any atom is -0.333 e. The second-order valence-electron chi connectivity index (χ2n) is 17.1. The quantitative estimate of drug-likeness (QED) is 0.157. The van der Waals surface area contributed by atoms with E-state index in [1.165, 1.54) is 82.3 Å². The summed E-state index contributed by atoms with van der Waals surface area (Å²) in [6.45, 7) is 0. The Labute approximate surface area is 377 Å². The highest BCUT2D eigenvalue weighted by molar-refractivity contribution is 6.28. The summed E-state index contributed by atoms with van der Waals surface area (Å²) in [6.07, 6.45) is 5.81. The number of fused-ring (bicyclic) bond motifs is 10. The monoisotopic (exact) mass is 828 g/mol. The summed E-state index contributed by atoms with van der Waals surface area (Å²) in [5.74, 6) is 1.94. The third-order valence-electron chi connectivity index (χ3n) is 13.4. The average Bonchev–Trinajstić information content (AvgIpc) is 3.72. The third kappa shape index (κ3) is 6.25. The molecule has 0 radical (unpaired) electrons. The van der Waals surface area contributed by atoms with Crippen molar-refractivity contribution < 1.29 is 0 Å². The average molecular weight is 829 g/mol. The van der Waals surface area contributed by atoms with Crippen molar-refractivity contribution in [2.24, 2.45) is 0 Å². The Balaban J connectivity index is 0.929. The van der Waals surface area contributed by atoms with Crippen LogP contribution in [0.5, 0.6) is 0 Å². The molecule has 0 spiro atoms. The minimum absolute atomic E-state index is 0.230. The Hall–Kier alpha value is -8.47. The number of benzene rings is 10. The van der Waals surface area contributed by atoms with Crippen molar-refractivity contribution in [3.63, 3.8) is 0 Å². The maximum absolute atomic E-state index is 5.07. The first-order chi connectivity index (χ1) is 32.2. The highest BCUT2D eigenvalue weighted by atomic mass is 15.2. The molecule has 4 nitrogen and oxygen atoms in total. The van der Waals surface area contributed by atoms with Crippen LogP contribution in [0.15, 0.2) is 224 Å². The first-order valence-electron chi connectivity index (χ1n) is 22.4. The molecule has 2 heterocycles. The van der Waals surface area contributed by atoms with E-state index >= 15 is 0 Å². The fraction of sp³-hybridized carbons (Fsp3) is 0.0328. The van der Waals surface area contributed by atoms with Crippen LogP contribution in [0.4, 0.5) is 11.4 Å². The smallest absolute Gasteiger partial charge is 0.164 e. The zero-order valence-electron chi connectivity index (χ0n) is 35.4. The fourth-order valence-corrected chi connectivity index (χ4v) is 10.3. The first kappa shape index (κ1) is 37.1. The van der Waals surface area contributed by atoms with E-state index in [2.05, 4.69) is 169 Å². The zero-order valence-corrected chi connectivity index (χ0v) is 35.4.